The van der Waals surface area contributed by atoms with Crippen molar-refractivity contribution in [3.05, 3.63) is 18.1 Å². The van der Waals surface area contributed by atoms with Crippen molar-refractivity contribution >= 4 is 11.8 Å². The van der Waals surface area contributed by atoms with Gasteiger partial charge in [-0.1, -0.05) is 0 Å². The Bertz CT molecular complexity index is 419. The molecule has 104 valence electrons. The SMILES string of the molecule is COC(=O)c1cncc(NCCCN2CCCC2)n1. The normalized spacial score (nSPS) is 15.4. The van der Waals surface area contributed by atoms with E-state index in [1.165, 1.54) is 39.2 Å². The van der Waals surface area contributed by atoms with E-state index in [0.29, 0.717) is 5.82 Å². The van der Waals surface area contributed by atoms with Crippen molar-refractivity contribution in [3.63, 3.8) is 0 Å². The van der Waals surface area contributed by atoms with Crippen molar-refractivity contribution in [3.8, 4) is 0 Å². The first kappa shape index (κ1) is 13.7. The predicted molar refractivity (Wildman–Crippen MR) is 72.2 cm³/mol. The van der Waals surface area contributed by atoms with Crippen LogP contribution in [0.15, 0.2) is 12.4 Å². The van der Waals surface area contributed by atoms with Gasteiger partial charge in [-0.3, -0.25) is 4.98 Å². The molecule has 0 atom stereocenters. The molecule has 0 radical (unpaired) electrons. The van der Waals surface area contributed by atoms with Crippen LogP contribution in [0.3, 0.4) is 0 Å². The molecule has 0 aromatic carbocycles. The summed E-state index contributed by atoms with van der Waals surface area (Å²) in [5.74, 6) is 0.150. The molecule has 0 unspecified atom stereocenters. The average Bonchev–Trinajstić information content (AvgIpc) is 2.96. The number of carbonyl (C=O) groups excluding carboxylic acids is 1. The average molecular weight is 264 g/mol. The predicted octanol–water partition coefficient (Wildman–Crippen LogP) is 1.16. The Kier molecular flexibility index (Phi) is 5.09. The second-order valence-corrected chi connectivity index (χ2v) is 4.61. The third-order valence-electron chi connectivity index (χ3n) is 3.18. The summed E-state index contributed by atoms with van der Waals surface area (Å²) in [7, 11) is 1.33. The topological polar surface area (TPSA) is 67.3 Å². The van der Waals surface area contributed by atoms with Gasteiger partial charge in [0.1, 0.15) is 5.82 Å². The van der Waals surface area contributed by atoms with E-state index >= 15 is 0 Å². The van der Waals surface area contributed by atoms with E-state index in [0.717, 1.165) is 19.5 Å². The summed E-state index contributed by atoms with van der Waals surface area (Å²) in [4.78, 5) is 21.9. The van der Waals surface area contributed by atoms with E-state index in [4.69, 9.17) is 0 Å². The zero-order chi connectivity index (χ0) is 13.5. The van der Waals surface area contributed by atoms with Gasteiger partial charge >= 0.3 is 5.97 Å². The van der Waals surface area contributed by atoms with Gasteiger partial charge in [0.2, 0.25) is 0 Å². The summed E-state index contributed by atoms with van der Waals surface area (Å²) in [5.41, 5.74) is 0.229. The molecule has 2 rings (SSSR count). The van der Waals surface area contributed by atoms with Crippen molar-refractivity contribution < 1.29 is 9.53 Å². The maximum Gasteiger partial charge on any atom is 0.358 e. The standard InChI is InChI=1S/C13H20N4O2/c1-19-13(18)11-9-14-10-12(16-11)15-5-4-8-17-6-2-3-7-17/h9-10H,2-8H2,1H3,(H,15,16). The fourth-order valence-electron chi connectivity index (χ4n) is 2.18. The second kappa shape index (κ2) is 7.04. The van der Waals surface area contributed by atoms with Crippen LogP contribution in [-0.4, -0.2) is 54.1 Å². The van der Waals surface area contributed by atoms with E-state index in [-0.39, 0.29) is 5.69 Å². The fourth-order valence-corrected chi connectivity index (χ4v) is 2.18. The van der Waals surface area contributed by atoms with Crippen LogP contribution < -0.4 is 5.32 Å². The second-order valence-electron chi connectivity index (χ2n) is 4.61. The molecule has 1 fully saturated rings. The summed E-state index contributed by atoms with van der Waals surface area (Å²) in [6.45, 7) is 4.38. The third-order valence-corrected chi connectivity index (χ3v) is 3.18. The highest BCUT2D eigenvalue weighted by molar-refractivity contribution is 5.87. The van der Waals surface area contributed by atoms with Crippen LogP contribution in [0, 0.1) is 0 Å². The summed E-state index contributed by atoms with van der Waals surface area (Å²) in [5, 5.41) is 3.18. The van der Waals surface area contributed by atoms with Gasteiger partial charge in [0.15, 0.2) is 5.69 Å². The number of carbonyl (C=O) groups is 1. The zero-order valence-corrected chi connectivity index (χ0v) is 11.3. The monoisotopic (exact) mass is 264 g/mol. The van der Waals surface area contributed by atoms with Crippen molar-refractivity contribution in [2.45, 2.75) is 19.3 Å². The van der Waals surface area contributed by atoms with Crippen molar-refractivity contribution in [1.82, 2.24) is 14.9 Å². The number of ether oxygens (including phenoxy) is 1. The highest BCUT2D eigenvalue weighted by Crippen LogP contribution is 2.08. The quantitative estimate of drug-likeness (QED) is 0.614. The summed E-state index contributed by atoms with van der Waals surface area (Å²) >= 11 is 0. The smallest absolute Gasteiger partial charge is 0.358 e. The molecule has 0 aliphatic carbocycles. The van der Waals surface area contributed by atoms with Gasteiger partial charge in [-0.15, -0.1) is 0 Å². The minimum atomic E-state index is -0.465. The van der Waals surface area contributed by atoms with Gasteiger partial charge < -0.3 is 15.0 Å². The highest BCUT2D eigenvalue weighted by Gasteiger charge is 2.11. The Morgan fingerprint density at radius 2 is 2.21 bits per heavy atom. The molecule has 0 saturated carbocycles. The lowest BCUT2D eigenvalue weighted by Gasteiger charge is -2.14. The number of nitrogens with one attached hydrogen (secondary N) is 1. The minimum Gasteiger partial charge on any atom is -0.464 e. The van der Waals surface area contributed by atoms with E-state index in [9.17, 15) is 4.79 Å². The minimum absolute atomic E-state index is 0.229. The number of aromatic nitrogens is 2. The Balaban J connectivity index is 1.74. The van der Waals surface area contributed by atoms with Gasteiger partial charge in [-0.2, -0.15) is 0 Å². The van der Waals surface area contributed by atoms with Crippen LogP contribution in [0.5, 0.6) is 0 Å². The number of esters is 1. The molecular formula is C13H20N4O2. The number of nitrogens with zero attached hydrogens (tertiary/aromatic N) is 3. The molecule has 1 aromatic heterocycles. The number of hydrogen-bond acceptors (Lipinski definition) is 6. The maximum absolute atomic E-state index is 11.3. The molecule has 1 N–H and O–H groups in total. The zero-order valence-electron chi connectivity index (χ0n) is 11.3. The molecular weight excluding hydrogens is 244 g/mol. The van der Waals surface area contributed by atoms with Crippen LogP contribution in [0.25, 0.3) is 0 Å². The summed E-state index contributed by atoms with van der Waals surface area (Å²) in [6.07, 6.45) is 6.72. The van der Waals surface area contributed by atoms with Crippen molar-refractivity contribution in [1.29, 1.82) is 0 Å². The molecule has 1 saturated heterocycles. The molecule has 1 aromatic rings. The molecule has 1 aliphatic rings. The largest absolute Gasteiger partial charge is 0.464 e. The van der Waals surface area contributed by atoms with E-state index in [1.807, 2.05) is 0 Å². The molecule has 2 heterocycles. The summed E-state index contributed by atoms with van der Waals surface area (Å²) < 4.78 is 4.61. The third kappa shape index (κ3) is 4.17. The molecule has 6 nitrogen and oxygen atoms in total. The number of rotatable bonds is 6. The highest BCUT2D eigenvalue weighted by atomic mass is 16.5. The first-order valence-corrected chi connectivity index (χ1v) is 6.66. The molecule has 0 spiro atoms. The van der Waals surface area contributed by atoms with E-state index < -0.39 is 5.97 Å². The number of likely N-dealkylation sites (tertiary alicyclic amines) is 1. The molecule has 0 amide bonds. The maximum atomic E-state index is 11.3. The number of hydrogen-bond donors (Lipinski definition) is 1. The summed E-state index contributed by atoms with van der Waals surface area (Å²) in [6, 6.07) is 0. The van der Waals surface area contributed by atoms with Crippen LogP contribution >= 0.6 is 0 Å². The first-order valence-electron chi connectivity index (χ1n) is 6.66. The number of methoxy groups -OCH3 is 1. The molecule has 0 bridgehead atoms. The Labute approximate surface area is 113 Å². The molecule has 19 heavy (non-hydrogen) atoms. The van der Waals surface area contributed by atoms with Gasteiger partial charge in [0, 0.05) is 6.54 Å². The van der Waals surface area contributed by atoms with Crippen LogP contribution in [-0.2, 0) is 4.74 Å². The van der Waals surface area contributed by atoms with Gasteiger partial charge in [-0.05, 0) is 38.9 Å². The van der Waals surface area contributed by atoms with Gasteiger partial charge in [0.05, 0.1) is 19.5 Å². The molecule has 1 aliphatic heterocycles. The van der Waals surface area contributed by atoms with Crippen LogP contribution in [0.4, 0.5) is 5.82 Å². The van der Waals surface area contributed by atoms with Gasteiger partial charge in [0.25, 0.3) is 0 Å². The fraction of sp³-hybridized carbons (Fsp3) is 0.615. The first-order chi connectivity index (χ1) is 9.29. The van der Waals surface area contributed by atoms with Crippen LogP contribution in [0.2, 0.25) is 0 Å². The Morgan fingerprint density at radius 3 is 2.95 bits per heavy atom. The number of anilines is 1. The Hall–Kier alpha value is -1.69. The van der Waals surface area contributed by atoms with E-state index in [2.05, 4.69) is 24.9 Å². The lowest BCUT2D eigenvalue weighted by Crippen LogP contribution is -2.22. The van der Waals surface area contributed by atoms with Crippen molar-refractivity contribution in [2.24, 2.45) is 0 Å². The lowest BCUT2D eigenvalue weighted by molar-refractivity contribution is 0.0593. The van der Waals surface area contributed by atoms with Crippen molar-refractivity contribution in [2.75, 3.05) is 38.6 Å². The van der Waals surface area contributed by atoms with E-state index in [1.54, 1.807) is 6.20 Å². The lowest BCUT2D eigenvalue weighted by atomic mass is 10.4. The van der Waals surface area contributed by atoms with Gasteiger partial charge in [-0.25, -0.2) is 9.78 Å². The van der Waals surface area contributed by atoms with Crippen LogP contribution in [0.1, 0.15) is 29.8 Å². The Morgan fingerprint density at radius 1 is 1.42 bits per heavy atom. The molecule has 6 heteroatoms.